The molecule has 0 bridgehead atoms. The highest BCUT2D eigenvalue weighted by molar-refractivity contribution is 5.66. The highest BCUT2D eigenvalue weighted by Gasteiger charge is 2.13. The maximum absolute atomic E-state index is 11.9. The van der Waals surface area contributed by atoms with Crippen LogP contribution in [0, 0.1) is 0 Å². The van der Waals surface area contributed by atoms with E-state index < -0.39 is 5.97 Å². The molecule has 0 aliphatic carbocycles. The van der Waals surface area contributed by atoms with Crippen molar-refractivity contribution in [3.05, 3.63) is 22.6 Å². The van der Waals surface area contributed by atoms with Gasteiger partial charge in [-0.2, -0.15) is 5.10 Å². The molecule has 104 valence electrons. The van der Waals surface area contributed by atoms with E-state index in [0.717, 1.165) is 31.6 Å². The SMILES string of the molecule is O=C(O)CCCCn1ncc(N2CCCC2)cc1=O. The van der Waals surface area contributed by atoms with Crippen LogP contribution in [0.2, 0.25) is 0 Å². The number of aliphatic carboxylic acids is 1. The summed E-state index contributed by atoms with van der Waals surface area (Å²) in [6, 6.07) is 1.62. The first-order valence-corrected chi connectivity index (χ1v) is 6.71. The third kappa shape index (κ3) is 3.81. The Balaban J connectivity index is 1.91. The van der Waals surface area contributed by atoms with Crippen LogP contribution in [0.25, 0.3) is 0 Å². The van der Waals surface area contributed by atoms with Crippen LogP contribution in [0.5, 0.6) is 0 Å². The summed E-state index contributed by atoms with van der Waals surface area (Å²) < 4.78 is 1.40. The lowest BCUT2D eigenvalue weighted by Crippen LogP contribution is -2.26. The first kappa shape index (κ1) is 13.6. The monoisotopic (exact) mass is 265 g/mol. The molecule has 19 heavy (non-hydrogen) atoms. The van der Waals surface area contributed by atoms with Gasteiger partial charge in [-0.15, -0.1) is 0 Å². The van der Waals surface area contributed by atoms with Crippen LogP contribution in [-0.4, -0.2) is 33.9 Å². The van der Waals surface area contributed by atoms with Crippen LogP contribution >= 0.6 is 0 Å². The van der Waals surface area contributed by atoms with Gasteiger partial charge in [-0.25, -0.2) is 4.68 Å². The van der Waals surface area contributed by atoms with E-state index in [1.807, 2.05) is 0 Å². The average molecular weight is 265 g/mol. The van der Waals surface area contributed by atoms with E-state index in [0.29, 0.717) is 19.4 Å². The molecule has 1 aromatic heterocycles. The second kappa shape index (κ2) is 6.36. The lowest BCUT2D eigenvalue weighted by atomic mass is 10.2. The van der Waals surface area contributed by atoms with Gasteiger partial charge in [0.05, 0.1) is 11.9 Å². The second-order valence-electron chi connectivity index (χ2n) is 4.82. The standard InChI is InChI=1S/C13H19N3O3/c17-12-9-11(15-6-3-4-7-15)10-14-16(12)8-2-1-5-13(18)19/h9-10H,1-8H2,(H,18,19). The summed E-state index contributed by atoms with van der Waals surface area (Å²) in [5.74, 6) is -0.801. The molecule has 1 aliphatic rings. The number of rotatable bonds is 6. The minimum absolute atomic E-state index is 0.111. The van der Waals surface area contributed by atoms with Crippen molar-refractivity contribution in [2.75, 3.05) is 18.0 Å². The smallest absolute Gasteiger partial charge is 0.303 e. The molecule has 0 radical (unpaired) electrons. The Morgan fingerprint density at radius 2 is 2.05 bits per heavy atom. The van der Waals surface area contributed by atoms with Crippen LogP contribution in [-0.2, 0) is 11.3 Å². The number of hydrogen-bond donors (Lipinski definition) is 1. The van der Waals surface area contributed by atoms with E-state index in [9.17, 15) is 9.59 Å². The highest BCUT2D eigenvalue weighted by Crippen LogP contribution is 2.16. The van der Waals surface area contributed by atoms with Crippen molar-refractivity contribution in [3.8, 4) is 0 Å². The number of aryl methyl sites for hydroxylation is 1. The second-order valence-corrected chi connectivity index (χ2v) is 4.82. The average Bonchev–Trinajstić information content (AvgIpc) is 2.89. The molecule has 0 unspecified atom stereocenters. The van der Waals surface area contributed by atoms with Gasteiger partial charge in [0.2, 0.25) is 0 Å². The van der Waals surface area contributed by atoms with E-state index >= 15 is 0 Å². The number of unbranched alkanes of at least 4 members (excludes halogenated alkanes) is 1. The zero-order valence-electron chi connectivity index (χ0n) is 10.9. The Morgan fingerprint density at radius 3 is 2.68 bits per heavy atom. The Bertz CT molecular complexity index is 492. The number of carbonyl (C=O) groups is 1. The van der Waals surface area contributed by atoms with Gasteiger partial charge in [0.25, 0.3) is 5.56 Å². The van der Waals surface area contributed by atoms with Crippen molar-refractivity contribution >= 4 is 11.7 Å². The van der Waals surface area contributed by atoms with Crippen LogP contribution in [0.3, 0.4) is 0 Å². The Kier molecular flexibility index (Phi) is 4.54. The first-order valence-electron chi connectivity index (χ1n) is 6.71. The molecule has 1 N–H and O–H groups in total. The summed E-state index contributed by atoms with van der Waals surface area (Å²) in [5.41, 5.74) is 0.781. The van der Waals surface area contributed by atoms with Gasteiger partial charge in [0, 0.05) is 32.1 Å². The lowest BCUT2D eigenvalue weighted by molar-refractivity contribution is -0.137. The molecule has 2 heterocycles. The van der Waals surface area contributed by atoms with E-state index in [-0.39, 0.29) is 12.0 Å². The first-order chi connectivity index (χ1) is 9.16. The lowest BCUT2D eigenvalue weighted by Gasteiger charge is -2.17. The van der Waals surface area contributed by atoms with Crippen molar-refractivity contribution in [3.63, 3.8) is 0 Å². The van der Waals surface area contributed by atoms with Crippen LogP contribution in [0.1, 0.15) is 32.1 Å². The Hall–Kier alpha value is -1.85. The van der Waals surface area contributed by atoms with E-state index in [1.165, 1.54) is 4.68 Å². The quantitative estimate of drug-likeness (QED) is 0.779. The highest BCUT2D eigenvalue weighted by atomic mass is 16.4. The third-order valence-electron chi connectivity index (χ3n) is 3.34. The van der Waals surface area contributed by atoms with Gasteiger partial charge >= 0.3 is 5.97 Å². The van der Waals surface area contributed by atoms with Crippen LogP contribution < -0.4 is 10.5 Å². The number of carboxylic acid groups (broad SMARTS) is 1. The van der Waals surface area contributed by atoms with Gasteiger partial charge in [-0.05, 0) is 25.7 Å². The van der Waals surface area contributed by atoms with Crippen molar-refractivity contribution < 1.29 is 9.90 Å². The summed E-state index contributed by atoms with van der Waals surface area (Å²) in [6.07, 6.45) is 5.42. The molecular formula is C13H19N3O3. The number of nitrogens with zero attached hydrogens (tertiary/aromatic N) is 3. The van der Waals surface area contributed by atoms with Crippen LogP contribution in [0.15, 0.2) is 17.1 Å². The fourth-order valence-corrected chi connectivity index (χ4v) is 2.28. The van der Waals surface area contributed by atoms with Crippen LogP contribution in [0.4, 0.5) is 5.69 Å². The molecule has 1 fully saturated rings. The van der Waals surface area contributed by atoms with Gasteiger partial charge in [0.1, 0.15) is 0 Å². The van der Waals surface area contributed by atoms with Gasteiger partial charge in [-0.1, -0.05) is 0 Å². The molecule has 0 spiro atoms. The largest absolute Gasteiger partial charge is 0.481 e. The van der Waals surface area contributed by atoms with Crippen molar-refractivity contribution in [1.82, 2.24) is 9.78 Å². The summed E-state index contributed by atoms with van der Waals surface area (Å²) >= 11 is 0. The molecular weight excluding hydrogens is 246 g/mol. The molecule has 0 amide bonds. The number of hydrogen-bond acceptors (Lipinski definition) is 4. The molecule has 6 heteroatoms. The van der Waals surface area contributed by atoms with E-state index in [2.05, 4.69) is 10.00 Å². The number of carboxylic acids is 1. The summed E-state index contributed by atoms with van der Waals surface area (Å²) in [7, 11) is 0. The van der Waals surface area contributed by atoms with Crippen molar-refractivity contribution in [1.29, 1.82) is 0 Å². The molecule has 0 saturated carbocycles. The normalized spacial score (nSPS) is 14.8. The van der Waals surface area contributed by atoms with Crippen molar-refractivity contribution in [2.24, 2.45) is 0 Å². The van der Waals surface area contributed by atoms with Crippen molar-refractivity contribution in [2.45, 2.75) is 38.6 Å². The fourth-order valence-electron chi connectivity index (χ4n) is 2.28. The molecule has 0 atom stereocenters. The Labute approximate surface area is 111 Å². The zero-order valence-corrected chi connectivity index (χ0v) is 10.9. The summed E-state index contributed by atoms with van der Waals surface area (Å²) in [6.45, 7) is 2.46. The topological polar surface area (TPSA) is 75.4 Å². The third-order valence-corrected chi connectivity index (χ3v) is 3.34. The summed E-state index contributed by atoms with van der Waals surface area (Å²) in [5, 5.41) is 12.7. The molecule has 0 aromatic carbocycles. The molecule has 2 rings (SSSR count). The van der Waals surface area contributed by atoms with Gasteiger partial charge < -0.3 is 10.0 Å². The molecule has 1 aliphatic heterocycles. The maximum atomic E-state index is 11.9. The predicted octanol–water partition coefficient (Wildman–Crippen LogP) is 1.10. The summed E-state index contributed by atoms with van der Waals surface area (Å²) in [4.78, 5) is 24.4. The minimum Gasteiger partial charge on any atom is -0.481 e. The van der Waals surface area contributed by atoms with Gasteiger partial charge in [-0.3, -0.25) is 9.59 Å². The zero-order chi connectivity index (χ0) is 13.7. The molecule has 1 aromatic rings. The predicted molar refractivity (Wildman–Crippen MR) is 71.4 cm³/mol. The number of aromatic nitrogens is 2. The molecule has 6 nitrogen and oxygen atoms in total. The maximum Gasteiger partial charge on any atom is 0.303 e. The van der Waals surface area contributed by atoms with Gasteiger partial charge in [0.15, 0.2) is 0 Å². The fraction of sp³-hybridized carbons (Fsp3) is 0.615. The van der Waals surface area contributed by atoms with E-state index in [4.69, 9.17) is 5.11 Å². The number of anilines is 1. The Morgan fingerprint density at radius 1 is 1.32 bits per heavy atom. The van der Waals surface area contributed by atoms with E-state index in [1.54, 1.807) is 12.3 Å². The molecule has 1 saturated heterocycles. The minimum atomic E-state index is -0.801.